The van der Waals surface area contributed by atoms with Gasteiger partial charge in [-0.05, 0) is 28.8 Å². The number of rotatable bonds is 4. The third-order valence-corrected chi connectivity index (χ3v) is 3.32. The summed E-state index contributed by atoms with van der Waals surface area (Å²) in [5, 5.41) is 3.97. The highest BCUT2D eigenvalue weighted by atomic mass is 16.2. The van der Waals surface area contributed by atoms with Crippen LogP contribution in [0.5, 0.6) is 0 Å². The maximum atomic E-state index is 11.8. The second-order valence-electron chi connectivity index (χ2n) is 4.93. The number of hydrogen-bond acceptors (Lipinski definition) is 3. The first kappa shape index (κ1) is 14.7. The molecule has 1 N–H and O–H groups in total. The monoisotopic (exact) mass is 301 g/mol. The lowest BCUT2D eigenvalue weighted by Gasteiger charge is -2.02. The molecule has 0 saturated heterocycles. The molecule has 4 heteroatoms. The standard InChI is InChI=1S/C19H15N3O/c23-19(18-7-4-12-20-14-18)22-21-13-15-8-10-17(11-9-15)16-5-2-1-3-6-16/h1-14H,(H,22,23)/b21-13+. The minimum absolute atomic E-state index is 0.282. The maximum absolute atomic E-state index is 11.8. The van der Waals surface area contributed by atoms with Crippen molar-refractivity contribution in [2.45, 2.75) is 0 Å². The number of carbonyl (C=O) groups excluding carboxylic acids is 1. The molecule has 0 atom stereocenters. The van der Waals surface area contributed by atoms with Gasteiger partial charge in [0.05, 0.1) is 11.8 Å². The van der Waals surface area contributed by atoms with Gasteiger partial charge in [0.25, 0.3) is 5.91 Å². The van der Waals surface area contributed by atoms with Gasteiger partial charge in [-0.3, -0.25) is 9.78 Å². The summed E-state index contributed by atoms with van der Waals surface area (Å²) in [6, 6.07) is 21.5. The van der Waals surface area contributed by atoms with Crippen molar-refractivity contribution in [3.8, 4) is 11.1 Å². The van der Waals surface area contributed by atoms with Gasteiger partial charge in [0.2, 0.25) is 0 Å². The Morgan fingerprint density at radius 2 is 1.65 bits per heavy atom. The highest BCUT2D eigenvalue weighted by Gasteiger charge is 2.02. The molecule has 2 aromatic carbocycles. The first-order valence-corrected chi connectivity index (χ1v) is 7.22. The van der Waals surface area contributed by atoms with Crippen LogP contribution in [0.25, 0.3) is 11.1 Å². The third kappa shape index (κ3) is 3.89. The molecule has 0 aliphatic rings. The topological polar surface area (TPSA) is 54.4 Å². The highest BCUT2D eigenvalue weighted by Crippen LogP contribution is 2.18. The Morgan fingerprint density at radius 1 is 0.913 bits per heavy atom. The van der Waals surface area contributed by atoms with Gasteiger partial charge < -0.3 is 0 Å². The van der Waals surface area contributed by atoms with Gasteiger partial charge >= 0.3 is 0 Å². The number of hydrazone groups is 1. The van der Waals surface area contributed by atoms with Gasteiger partial charge in [-0.2, -0.15) is 5.10 Å². The van der Waals surface area contributed by atoms with Crippen LogP contribution >= 0.6 is 0 Å². The molecule has 3 aromatic rings. The molecule has 0 radical (unpaired) electrons. The largest absolute Gasteiger partial charge is 0.272 e. The summed E-state index contributed by atoms with van der Waals surface area (Å²) >= 11 is 0. The number of hydrogen-bond donors (Lipinski definition) is 1. The van der Waals surface area contributed by atoms with E-state index in [-0.39, 0.29) is 5.91 Å². The summed E-state index contributed by atoms with van der Waals surface area (Å²) in [6.45, 7) is 0. The molecule has 0 aliphatic heterocycles. The van der Waals surface area contributed by atoms with E-state index in [4.69, 9.17) is 0 Å². The number of aromatic nitrogens is 1. The van der Waals surface area contributed by atoms with Crippen LogP contribution < -0.4 is 5.43 Å². The van der Waals surface area contributed by atoms with Crippen LogP contribution in [0.4, 0.5) is 0 Å². The molecule has 4 nitrogen and oxygen atoms in total. The molecule has 1 heterocycles. The molecule has 0 aliphatic carbocycles. The molecule has 0 spiro atoms. The van der Waals surface area contributed by atoms with Crippen molar-refractivity contribution in [2.24, 2.45) is 5.10 Å². The van der Waals surface area contributed by atoms with Crippen LogP contribution in [0.15, 0.2) is 84.2 Å². The maximum Gasteiger partial charge on any atom is 0.272 e. The van der Waals surface area contributed by atoms with Crippen LogP contribution in [0.3, 0.4) is 0 Å². The zero-order valence-electron chi connectivity index (χ0n) is 12.4. The minimum atomic E-state index is -0.282. The number of nitrogens with zero attached hydrogens (tertiary/aromatic N) is 2. The lowest BCUT2D eigenvalue weighted by atomic mass is 10.0. The van der Waals surface area contributed by atoms with Gasteiger partial charge in [-0.15, -0.1) is 0 Å². The van der Waals surface area contributed by atoms with Crippen LogP contribution in [0.1, 0.15) is 15.9 Å². The Bertz CT molecular complexity index is 797. The summed E-state index contributed by atoms with van der Waals surface area (Å²) in [7, 11) is 0. The average Bonchev–Trinajstić information content (AvgIpc) is 2.64. The van der Waals surface area contributed by atoms with Crippen LogP contribution in [-0.4, -0.2) is 17.1 Å². The van der Waals surface area contributed by atoms with E-state index < -0.39 is 0 Å². The van der Waals surface area contributed by atoms with Crippen LogP contribution in [-0.2, 0) is 0 Å². The van der Waals surface area contributed by atoms with Gasteiger partial charge in [-0.1, -0.05) is 54.6 Å². The fourth-order valence-corrected chi connectivity index (χ4v) is 2.12. The number of amides is 1. The fourth-order valence-electron chi connectivity index (χ4n) is 2.12. The van der Waals surface area contributed by atoms with E-state index in [1.54, 1.807) is 24.5 Å². The number of carbonyl (C=O) groups is 1. The van der Waals surface area contributed by atoms with Crippen molar-refractivity contribution in [3.63, 3.8) is 0 Å². The van der Waals surface area contributed by atoms with E-state index in [0.29, 0.717) is 5.56 Å². The smallest absolute Gasteiger partial charge is 0.267 e. The highest BCUT2D eigenvalue weighted by molar-refractivity contribution is 5.94. The summed E-state index contributed by atoms with van der Waals surface area (Å²) in [5.74, 6) is -0.282. The van der Waals surface area contributed by atoms with E-state index in [0.717, 1.165) is 11.1 Å². The second-order valence-corrected chi connectivity index (χ2v) is 4.93. The molecule has 1 amide bonds. The van der Waals surface area contributed by atoms with E-state index in [1.807, 2.05) is 42.5 Å². The third-order valence-electron chi connectivity index (χ3n) is 3.32. The fraction of sp³-hybridized carbons (Fsp3) is 0. The molecule has 3 rings (SSSR count). The number of benzene rings is 2. The van der Waals surface area contributed by atoms with E-state index in [2.05, 4.69) is 27.6 Å². The van der Waals surface area contributed by atoms with Gasteiger partial charge in [0.1, 0.15) is 0 Å². The molecule has 0 saturated carbocycles. The normalized spacial score (nSPS) is 10.6. The number of nitrogens with one attached hydrogen (secondary N) is 1. The van der Waals surface area contributed by atoms with Crippen molar-refractivity contribution in [2.75, 3.05) is 0 Å². The Hall–Kier alpha value is -3.27. The molecular formula is C19H15N3O. The van der Waals surface area contributed by atoms with Gasteiger partial charge in [0.15, 0.2) is 0 Å². The van der Waals surface area contributed by atoms with Crippen molar-refractivity contribution in [1.82, 2.24) is 10.4 Å². The molecular weight excluding hydrogens is 286 g/mol. The zero-order chi connectivity index (χ0) is 15.9. The van der Waals surface area contributed by atoms with Crippen molar-refractivity contribution < 1.29 is 4.79 Å². The molecule has 112 valence electrons. The van der Waals surface area contributed by atoms with E-state index >= 15 is 0 Å². The van der Waals surface area contributed by atoms with Crippen LogP contribution in [0, 0.1) is 0 Å². The molecule has 1 aromatic heterocycles. The molecule has 0 bridgehead atoms. The summed E-state index contributed by atoms with van der Waals surface area (Å²) in [6.07, 6.45) is 4.73. The first-order chi connectivity index (χ1) is 11.3. The molecule has 23 heavy (non-hydrogen) atoms. The predicted octanol–water partition coefficient (Wildman–Crippen LogP) is 3.51. The summed E-state index contributed by atoms with van der Waals surface area (Å²) < 4.78 is 0. The zero-order valence-corrected chi connectivity index (χ0v) is 12.4. The Labute approximate surface area is 134 Å². The minimum Gasteiger partial charge on any atom is -0.267 e. The van der Waals surface area contributed by atoms with Crippen molar-refractivity contribution in [3.05, 3.63) is 90.3 Å². The Balaban J connectivity index is 1.63. The Kier molecular flexibility index (Phi) is 4.55. The Morgan fingerprint density at radius 3 is 2.35 bits per heavy atom. The van der Waals surface area contributed by atoms with Crippen LogP contribution in [0.2, 0.25) is 0 Å². The van der Waals surface area contributed by atoms with Gasteiger partial charge in [0, 0.05) is 12.4 Å². The quantitative estimate of drug-likeness (QED) is 0.592. The first-order valence-electron chi connectivity index (χ1n) is 7.22. The second kappa shape index (κ2) is 7.13. The van der Waals surface area contributed by atoms with Crippen molar-refractivity contribution >= 4 is 12.1 Å². The average molecular weight is 301 g/mol. The number of pyridine rings is 1. The van der Waals surface area contributed by atoms with E-state index in [1.165, 1.54) is 11.8 Å². The van der Waals surface area contributed by atoms with E-state index in [9.17, 15) is 4.79 Å². The lowest BCUT2D eigenvalue weighted by molar-refractivity contribution is 0.0955. The summed E-state index contributed by atoms with van der Waals surface area (Å²) in [5.41, 5.74) is 6.18. The SMILES string of the molecule is O=C(N/N=C/c1ccc(-c2ccccc2)cc1)c1cccnc1. The molecule has 0 fully saturated rings. The lowest BCUT2D eigenvalue weighted by Crippen LogP contribution is -2.17. The molecule has 0 unspecified atom stereocenters. The summed E-state index contributed by atoms with van der Waals surface area (Å²) in [4.78, 5) is 15.7. The predicted molar refractivity (Wildman–Crippen MR) is 91.2 cm³/mol. The van der Waals surface area contributed by atoms with Gasteiger partial charge in [-0.25, -0.2) is 5.43 Å². The van der Waals surface area contributed by atoms with Crippen molar-refractivity contribution in [1.29, 1.82) is 0 Å².